The summed E-state index contributed by atoms with van der Waals surface area (Å²) in [4.78, 5) is 14.7. The molecule has 0 radical (unpaired) electrons. The molecule has 1 aliphatic rings. The minimum Gasteiger partial charge on any atom is -0.379 e. The Bertz CT molecular complexity index is 713. The summed E-state index contributed by atoms with van der Waals surface area (Å²) >= 11 is 6.17. The van der Waals surface area contributed by atoms with Gasteiger partial charge in [0.05, 0.1) is 30.8 Å². The van der Waals surface area contributed by atoms with Crippen molar-refractivity contribution in [2.75, 3.05) is 26.3 Å². The Morgan fingerprint density at radius 2 is 2.12 bits per heavy atom. The van der Waals surface area contributed by atoms with E-state index in [-0.39, 0.29) is 11.9 Å². The number of carbonyl (C=O) groups excluding carboxylic acids is 1. The second kappa shape index (κ2) is 8.47. The molecule has 25 heavy (non-hydrogen) atoms. The average Bonchev–Trinajstić information content (AvgIpc) is 3.11. The van der Waals surface area contributed by atoms with E-state index in [0.717, 1.165) is 25.1 Å². The predicted molar refractivity (Wildman–Crippen MR) is 95.3 cm³/mol. The molecule has 134 valence electrons. The molecule has 1 aromatic heterocycles. The van der Waals surface area contributed by atoms with Gasteiger partial charge in [0.15, 0.2) is 5.76 Å². The van der Waals surface area contributed by atoms with Crippen LogP contribution >= 0.6 is 11.6 Å². The molecule has 1 atom stereocenters. The number of hydrogen-bond acceptors (Lipinski definition) is 5. The summed E-state index contributed by atoms with van der Waals surface area (Å²) in [5.41, 5.74) is 1.45. The molecule has 6 nitrogen and oxygen atoms in total. The predicted octanol–water partition coefficient (Wildman–Crippen LogP) is 2.72. The highest BCUT2D eigenvalue weighted by molar-refractivity contribution is 6.33. The highest BCUT2D eigenvalue weighted by Gasteiger charge is 2.25. The molecule has 7 heteroatoms. The first kappa shape index (κ1) is 17.9. The lowest BCUT2D eigenvalue weighted by molar-refractivity contribution is -0.128. The maximum Gasteiger partial charge on any atom is 0.237 e. The highest BCUT2D eigenvalue weighted by Crippen LogP contribution is 2.27. The fourth-order valence-corrected chi connectivity index (χ4v) is 3.21. The number of morpholine rings is 1. The molecule has 1 aliphatic heterocycles. The Balaban J connectivity index is 1.59. The van der Waals surface area contributed by atoms with E-state index < -0.39 is 0 Å². The van der Waals surface area contributed by atoms with Crippen LogP contribution in [-0.4, -0.2) is 48.3 Å². The van der Waals surface area contributed by atoms with Crippen LogP contribution in [0.15, 0.2) is 34.9 Å². The summed E-state index contributed by atoms with van der Waals surface area (Å²) in [5.74, 6) is 0.599. The van der Waals surface area contributed by atoms with Crippen molar-refractivity contribution in [3.05, 3.63) is 41.0 Å². The maximum atomic E-state index is 12.5. The van der Waals surface area contributed by atoms with Crippen LogP contribution in [0, 0.1) is 0 Å². The lowest BCUT2D eigenvalue weighted by atomic mass is 10.1. The first-order chi connectivity index (χ1) is 12.2. The van der Waals surface area contributed by atoms with Gasteiger partial charge in [-0.05, 0) is 18.6 Å². The molecule has 1 N–H and O–H groups in total. The van der Waals surface area contributed by atoms with E-state index in [1.807, 2.05) is 25.1 Å². The Hall–Kier alpha value is -1.89. The molecule has 3 rings (SSSR count). The summed E-state index contributed by atoms with van der Waals surface area (Å²) in [6.45, 7) is 5.26. The number of benzene rings is 1. The first-order valence-corrected chi connectivity index (χ1v) is 8.87. The molecule has 0 spiro atoms. The number of amides is 1. The minimum atomic E-state index is -0.140. The van der Waals surface area contributed by atoms with Crippen LogP contribution in [0.2, 0.25) is 5.02 Å². The summed E-state index contributed by atoms with van der Waals surface area (Å²) < 4.78 is 10.7. The van der Waals surface area contributed by atoms with Crippen molar-refractivity contribution in [1.29, 1.82) is 0 Å². The van der Waals surface area contributed by atoms with Crippen molar-refractivity contribution < 1.29 is 14.1 Å². The number of nitrogens with one attached hydrogen (secondary N) is 1. The van der Waals surface area contributed by atoms with Gasteiger partial charge in [0.2, 0.25) is 5.91 Å². The zero-order chi connectivity index (χ0) is 17.6. The van der Waals surface area contributed by atoms with Crippen LogP contribution in [0.25, 0.3) is 11.3 Å². The SMILES string of the molecule is CCC(C(=O)NCc1cc(-c2ccccc2Cl)on1)N1CCOCC1. The molecule has 1 unspecified atom stereocenters. The van der Waals surface area contributed by atoms with E-state index in [1.54, 1.807) is 12.1 Å². The van der Waals surface area contributed by atoms with Crippen LogP contribution < -0.4 is 5.32 Å². The standard InChI is InChI=1S/C18H22ClN3O3/c1-2-16(22-7-9-24-10-8-22)18(23)20-12-13-11-17(25-21-13)14-5-3-4-6-15(14)19/h3-6,11,16H,2,7-10,12H2,1H3,(H,20,23). The topological polar surface area (TPSA) is 67.6 Å². The van der Waals surface area contributed by atoms with Gasteiger partial charge in [-0.3, -0.25) is 9.69 Å². The van der Waals surface area contributed by atoms with Crippen molar-refractivity contribution >= 4 is 17.5 Å². The van der Waals surface area contributed by atoms with Crippen molar-refractivity contribution in [2.45, 2.75) is 25.9 Å². The van der Waals surface area contributed by atoms with Gasteiger partial charge in [0.25, 0.3) is 0 Å². The number of hydrogen-bond donors (Lipinski definition) is 1. The van der Waals surface area contributed by atoms with Gasteiger partial charge >= 0.3 is 0 Å². The van der Waals surface area contributed by atoms with E-state index in [4.69, 9.17) is 20.9 Å². The number of nitrogens with zero attached hydrogens (tertiary/aromatic N) is 2. The van der Waals surface area contributed by atoms with E-state index >= 15 is 0 Å². The van der Waals surface area contributed by atoms with Crippen LogP contribution in [0.1, 0.15) is 19.0 Å². The Labute approximate surface area is 152 Å². The number of halogens is 1. The molecular weight excluding hydrogens is 342 g/mol. The van der Waals surface area contributed by atoms with E-state index in [9.17, 15) is 4.79 Å². The molecule has 1 fully saturated rings. The van der Waals surface area contributed by atoms with Gasteiger partial charge < -0.3 is 14.6 Å². The fraction of sp³-hybridized carbons (Fsp3) is 0.444. The lowest BCUT2D eigenvalue weighted by Crippen LogP contribution is -2.50. The summed E-state index contributed by atoms with van der Waals surface area (Å²) in [7, 11) is 0. The van der Waals surface area contributed by atoms with Crippen LogP contribution in [0.5, 0.6) is 0 Å². The van der Waals surface area contributed by atoms with Crippen molar-refractivity contribution in [3.8, 4) is 11.3 Å². The molecule has 0 aliphatic carbocycles. The second-order valence-corrected chi connectivity index (χ2v) is 6.36. The third kappa shape index (κ3) is 4.39. The largest absolute Gasteiger partial charge is 0.379 e. The lowest BCUT2D eigenvalue weighted by Gasteiger charge is -2.32. The van der Waals surface area contributed by atoms with Crippen LogP contribution in [0.4, 0.5) is 0 Å². The highest BCUT2D eigenvalue weighted by atomic mass is 35.5. The van der Waals surface area contributed by atoms with Gasteiger partial charge in [-0.1, -0.05) is 35.8 Å². The quantitative estimate of drug-likeness (QED) is 0.854. The Kier molecular flexibility index (Phi) is 6.07. The zero-order valence-corrected chi connectivity index (χ0v) is 15.0. The van der Waals surface area contributed by atoms with Gasteiger partial charge in [0, 0.05) is 24.7 Å². The molecule has 2 aromatic rings. The molecule has 0 saturated carbocycles. The average molecular weight is 364 g/mol. The summed E-state index contributed by atoms with van der Waals surface area (Å²) in [6, 6.07) is 9.08. The maximum absolute atomic E-state index is 12.5. The van der Waals surface area contributed by atoms with Crippen molar-refractivity contribution in [3.63, 3.8) is 0 Å². The molecule has 1 amide bonds. The second-order valence-electron chi connectivity index (χ2n) is 5.95. The van der Waals surface area contributed by atoms with E-state index in [1.165, 1.54) is 0 Å². The van der Waals surface area contributed by atoms with Crippen LogP contribution in [-0.2, 0) is 16.1 Å². The molecule has 1 aromatic carbocycles. The smallest absolute Gasteiger partial charge is 0.237 e. The molecule has 2 heterocycles. The molecular formula is C18H22ClN3O3. The van der Waals surface area contributed by atoms with Gasteiger partial charge in [0.1, 0.15) is 5.69 Å². The Morgan fingerprint density at radius 1 is 1.36 bits per heavy atom. The first-order valence-electron chi connectivity index (χ1n) is 8.49. The van der Waals surface area contributed by atoms with Gasteiger partial charge in [-0.2, -0.15) is 0 Å². The van der Waals surface area contributed by atoms with Crippen molar-refractivity contribution in [1.82, 2.24) is 15.4 Å². The Morgan fingerprint density at radius 3 is 2.84 bits per heavy atom. The minimum absolute atomic E-state index is 0.00620. The number of ether oxygens (including phenoxy) is 1. The number of carbonyl (C=O) groups is 1. The van der Waals surface area contributed by atoms with Crippen molar-refractivity contribution in [2.24, 2.45) is 0 Å². The van der Waals surface area contributed by atoms with E-state index in [2.05, 4.69) is 15.4 Å². The molecule has 0 bridgehead atoms. The molecule has 1 saturated heterocycles. The third-order valence-electron chi connectivity index (χ3n) is 4.32. The zero-order valence-electron chi connectivity index (χ0n) is 14.2. The van der Waals surface area contributed by atoms with Crippen LogP contribution in [0.3, 0.4) is 0 Å². The summed E-state index contributed by atoms with van der Waals surface area (Å²) in [6.07, 6.45) is 0.759. The number of aromatic nitrogens is 1. The van der Waals surface area contributed by atoms with Gasteiger partial charge in [-0.25, -0.2) is 0 Å². The normalized spacial score (nSPS) is 16.6. The van der Waals surface area contributed by atoms with E-state index in [0.29, 0.717) is 36.2 Å². The monoisotopic (exact) mass is 363 g/mol. The van der Waals surface area contributed by atoms with Gasteiger partial charge in [-0.15, -0.1) is 0 Å². The number of rotatable bonds is 6. The summed E-state index contributed by atoms with van der Waals surface area (Å²) in [5, 5.41) is 7.58. The third-order valence-corrected chi connectivity index (χ3v) is 4.65. The fourth-order valence-electron chi connectivity index (χ4n) is 2.98.